The average Bonchev–Trinajstić information content (AvgIpc) is 2.45. The molecule has 1 amide bonds. The zero-order chi connectivity index (χ0) is 13.7. The van der Waals surface area contributed by atoms with Crippen molar-refractivity contribution in [3.63, 3.8) is 0 Å². The monoisotopic (exact) mass is 264 g/mol. The molecule has 0 atom stereocenters. The highest BCUT2D eigenvalue weighted by atomic mass is 16.5. The molecule has 104 valence electrons. The first-order valence-corrected chi connectivity index (χ1v) is 6.52. The first-order valence-electron chi connectivity index (χ1n) is 6.52. The summed E-state index contributed by atoms with van der Waals surface area (Å²) in [5, 5.41) is 0. The Labute approximate surface area is 113 Å². The van der Waals surface area contributed by atoms with Crippen LogP contribution in [0.4, 0.5) is 5.82 Å². The van der Waals surface area contributed by atoms with Gasteiger partial charge < -0.3 is 14.5 Å². The summed E-state index contributed by atoms with van der Waals surface area (Å²) < 4.78 is 4.93. The zero-order valence-electron chi connectivity index (χ0n) is 11.5. The van der Waals surface area contributed by atoms with Crippen LogP contribution in [0.5, 0.6) is 0 Å². The van der Waals surface area contributed by atoms with E-state index in [0.29, 0.717) is 13.0 Å². The number of anilines is 1. The summed E-state index contributed by atoms with van der Waals surface area (Å²) in [6.45, 7) is 5.49. The van der Waals surface area contributed by atoms with Crippen LogP contribution < -0.4 is 4.90 Å². The molecule has 0 unspecified atom stereocenters. The summed E-state index contributed by atoms with van der Waals surface area (Å²) in [4.78, 5) is 24.4. The first-order chi connectivity index (χ1) is 9.20. The normalized spacial score (nSPS) is 15.7. The second-order valence-corrected chi connectivity index (χ2v) is 4.57. The van der Waals surface area contributed by atoms with Crippen molar-refractivity contribution in [2.45, 2.75) is 13.3 Å². The van der Waals surface area contributed by atoms with E-state index in [2.05, 4.69) is 14.9 Å². The van der Waals surface area contributed by atoms with E-state index in [0.717, 1.165) is 37.8 Å². The Balaban J connectivity index is 1.87. The van der Waals surface area contributed by atoms with Crippen molar-refractivity contribution in [1.82, 2.24) is 14.9 Å². The summed E-state index contributed by atoms with van der Waals surface area (Å²) in [7, 11) is 1.61. The average molecular weight is 264 g/mol. The molecule has 1 aromatic rings. The summed E-state index contributed by atoms with van der Waals surface area (Å²) in [5.74, 6) is 1.88. The maximum absolute atomic E-state index is 11.9. The van der Waals surface area contributed by atoms with Gasteiger partial charge in [0.15, 0.2) is 0 Å². The van der Waals surface area contributed by atoms with Crippen molar-refractivity contribution in [3.05, 3.63) is 18.1 Å². The molecule has 1 aromatic heterocycles. The van der Waals surface area contributed by atoms with Crippen LogP contribution in [0.3, 0.4) is 0 Å². The molecule has 1 saturated heterocycles. The van der Waals surface area contributed by atoms with Crippen molar-refractivity contribution in [3.8, 4) is 0 Å². The second-order valence-electron chi connectivity index (χ2n) is 4.57. The molecule has 0 bridgehead atoms. The highest BCUT2D eigenvalue weighted by Gasteiger charge is 2.21. The molecule has 6 heteroatoms. The van der Waals surface area contributed by atoms with Gasteiger partial charge in [-0.25, -0.2) is 9.97 Å². The number of ether oxygens (including phenoxy) is 1. The lowest BCUT2D eigenvalue weighted by molar-refractivity contribution is -0.132. The third-order valence-corrected chi connectivity index (χ3v) is 3.24. The number of hydrogen-bond donors (Lipinski definition) is 0. The number of piperazine rings is 1. The van der Waals surface area contributed by atoms with E-state index in [1.54, 1.807) is 13.3 Å². The third kappa shape index (κ3) is 3.64. The van der Waals surface area contributed by atoms with Crippen LogP contribution in [0.2, 0.25) is 0 Å². The second kappa shape index (κ2) is 6.47. The van der Waals surface area contributed by atoms with Gasteiger partial charge >= 0.3 is 0 Å². The van der Waals surface area contributed by atoms with E-state index in [4.69, 9.17) is 4.74 Å². The van der Waals surface area contributed by atoms with Crippen LogP contribution in [0, 0.1) is 6.92 Å². The Bertz CT molecular complexity index is 430. The minimum absolute atomic E-state index is 0.167. The molecule has 19 heavy (non-hydrogen) atoms. The fourth-order valence-corrected chi connectivity index (χ4v) is 2.15. The fraction of sp³-hybridized carbons (Fsp3) is 0.615. The Hall–Kier alpha value is -1.69. The van der Waals surface area contributed by atoms with E-state index >= 15 is 0 Å². The topological polar surface area (TPSA) is 58.6 Å². The molecule has 6 nitrogen and oxygen atoms in total. The molecule has 0 aromatic carbocycles. The molecule has 2 heterocycles. The van der Waals surface area contributed by atoms with Gasteiger partial charge in [-0.15, -0.1) is 0 Å². The van der Waals surface area contributed by atoms with E-state index in [9.17, 15) is 4.79 Å². The summed E-state index contributed by atoms with van der Waals surface area (Å²) in [6.07, 6.45) is 2.23. The lowest BCUT2D eigenvalue weighted by atomic mass is 10.2. The number of rotatable bonds is 4. The molecule has 0 radical (unpaired) electrons. The van der Waals surface area contributed by atoms with Gasteiger partial charge in [-0.05, 0) is 13.0 Å². The zero-order valence-corrected chi connectivity index (χ0v) is 11.5. The van der Waals surface area contributed by atoms with Gasteiger partial charge in [-0.1, -0.05) is 0 Å². The minimum Gasteiger partial charge on any atom is -0.384 e. The standard InChI is InChI=1S/C13H20N4O2/c1-11-14-5-3-12(15-11)16-6-8-17(9-7-16)13(18)4-10-19-2/h3,5H,4,6-10H2,1-2H3. The molecule has 0 spiro atoms. The number of carbonyl (C=O) groups is 1. The van der Waals surface area contributed by atoms with Crippen molar-refractivity contribution in [2.24, 2.45) is 0 Å². The number of nitrogens with zero attached hydrogens (tertiary/aromatic N) is 4. The molecule has 0 saturated carbocycles. The van der Waals surface area contributed by atoms with E-state index in [1.165, 1.54) is 0 Å². The van der Waals surface area contributed by atoms with Crippen LogP contribution in [-0.2, 0) is 9.53 Å². The highest BCUT2D eigenvalue weighted by Crippen LogP contribution is 2.13. The van der Waals surface area contributed by atoms with Gasteiger partial charge in [0, 0.05) is 39.5 Å². The van der Waals surface area contributed by atoms with Crippen molar-refractivity contribution in [2.75, 3.05) is 44.8 Å². The minimum atomic E-state index is 0.167. The van der Waals surface area contributed by atoms with Crippen molar-refractivity contribution in [1.29, 1.82) is 0 Å². The number of carbonyl (C=O) groups excluding carboxylic acids is 1. The van der Waals surface area contributed by atoms with E-state index in [1.807, 2.05) is 17.9 Å². The maximum Gasteiger partial charge on any atom is 0.225 e. The predicted molar refractivity (Wildman–Crippen MR) is 72.1 cm³/mol. The highest BCUT2D eigenvalue weighted by molar-refractivity contribution is 5.76. The lowest BCUT2D eigenvalue weighted by Crippen LogP contribution is -2.49. The van der Waals surface area contributed by atoms with Crippen LogP contribution in [0.25, 0.3) is 0 Å². The molecular formula is C13H20N4O2. The maximum atomic E-state index is 11.9. The number of aromatic nitrogens is 2. The van der Waals surface area contributed by atoms with Gasteiger partial charge in [0.2, 0.25) is 5.91 Å². The van der Waals surface area contributed by atoms with Gasteiger partial charge in [0.25, 0.3) is 0 Å². The number of amides is 1. The van der Waals surface area contributed by atoms with E-state index < -0.39 is 0 Å². The first kappa shape index (κ1) is 13.7. The Kier molecular flexibility index (Phi) is 4.68. The van der Waals surface area contributed by atoms with Crippen LogP contribution in [0.1, 0.15) is 12.2 Å². The SMILES string of the molecule is COCCC(=O)N1CCN(c2ccnc(C)n2)CC1. The Morgan fingerprint density at radius 1 is 1.37 bits per heavy atom. The van der Waals surface area contributed by atoms with Gasteiger partial charge in [-0.3, -0.25) is 4.79 Å². The van der Waals surface area contributed by atoms with Crippen molar-refractivity contribution < 1.29 is 9.53 Å². The van der Waals surface area contributed by atoms with E-state index in [-0.39, 0.29) is 5.91 Å². The molecule has 1 aliphatic rings. The van der Waals surface area contributed by atoms with Crippen LogP contribution in [0.15, 0.2) is 12.3 Å². The summed E-state index contributed by atoms with van der Waals surface area (Å²) >= 11 is 0. The van der Waals surface area contributed by atoms with Gasteiger partial charge in [-0.2, -0.15) is 0 Å². The fourth-order valence-electron chi connectivity index (χ4n) is 2.15. The Morgan fingerprint density at radius 3 is 2.74 bits per heavy atom. The van der Waals surface area contributed by atoms with Crippen LogP contribution in [-0.4, -0.2) is 60.7 Å². The van der Waals surface area contributed by atoms with Gasteiger partial charge in [0.05, 0.1) is 13.0 Å². The molecule has 0 aliphatic carbocycles. The quantitative estimate of drug-likeness (QED) is 0.791. The predicted octanol–water partition coefficient (Wildman–Crippen LogP) is 0.470. The molecule has 2 rings (SSSR count). The molecule has 1 fully saturated rings. The number of methoxy groups -OCH3 is 1. The summed E-state index contributed by atoms with van der Waals surface area (Å²) in [5.41, 5.74) is 0. The largest absolute Gasteiger partial charge is 0.384 e. The third-order valence-electron chi connectivity index (χ3n) is 3.24. The summed E-state index contributed by atoms with van der Waals surface area (Å²) in [6, 6.07) is 1.91. The smallest absolute Gasteiger partial charge is 0.225 e. The Morgan fingerprint density at radius 2 is 2.11 bits per heavy atom. The number of aryl methyl sites for hydroxylation is 1. The lowest BCUT2D eigenvalue weighted by Gasteiger charge is -2.35. The molecular weight excluding hydrogens is 244 g/mol. The molecule has 1 aliphatic heterocycles. The van der Waals surface area contributed by atoms with Crippen molar-refractivity contribution >= 4 is 11.7 Å². The number of hydrogen-bond acceptors (Lipinski definition) is 5. The van der Waals surface area contributed by atoms with Gasteiger partial charge in [0.1, 0.15) is 11.6 Å². The molecule has 0 N–H and O–H groups in total. The van der Waals surface area contributed by atoms with Crippen LogP contribution >= 0.6 is 0 Å².